The van der Waals surface area contributed by atoms with Gasteiger partial charge in [0.1, 0.15) is 5.75 Å². The molecule has 98 valence electrons. The van der Waals surface area contributed by atoms with Gasteiger partial charge < -0.3 is 9.84 Å². The van der Waals surface area contributed by atoms with Gasteiger partial charge >= 0.3 is 5.97 Å². The van der Waals surface area contributed by atoms with Crippen LogP contribution in [0.5, 0.6) is 5.75 Å². The number of hydrogen-bond acceptors (Lipinski definition) is 3. The molecule has 0 fully saturated rings. The zero-order chi connectivity index (χ0) is 13.9. The zero-order valence-electron chi connectivity index (χ0n) is 10.5. The van der Waals surface area contributed by atoms with Gasteiger partial charge in [-0.05, 0) is 18.2 Å². The van der Waals surface area contributed by atoms with Gasteiger partial charge in [0, 0.05) is 9.89 Å². The van der Waals surface area contributed by atoms with Crippen molar-refractivity contribution in [3.05, 3.63) is 28.2 Å². The molecule has 0 saturated heterocycles. The molecule has 0 aliphatic heterocycles. The van der Waals surface area contributed by atoms with E-state index in [1.165, 1.54) is 7.11 Å². The van der Waals surface area contributed by atoms with Gasteiger partial charge in [-0.3, -0.25) is 9.59 Å². The highest BCUT2D eigenvalue weighted by molar-refractivity contribution is 9.10. The molecule has 1 N–H and O–H groups in total. The van der Waals surface area contributed by atoms with Gasteiger partial charge in [-0.2, -0.15) is 0 Å². The summed E-state index contributed by atoms with van der Waals surface area (Å²) in [7, 11) is 1.48. The van der Waals surface area contributed by atoms with Gasteiger partial charge in [0.2, 0.25) is 0 Å². The number of ketones is 1. The summed E-state index contributed by atoms with van der Waals surface area (Å²) < 4.78 is 5.88. The van der Waals surface area contributed by atoms with E-state index in [-0.39, 0.29) is 12.2 Å². The van der Waals surface area contributed by atoms with Gasteiger partial charge in [-0.1, -0.05) is 29.8 Å². The molecule has 0 amide bonds. The number of hydrogen-bond donors (Lipinski definition) is 1. The first kappa shape index (κ1) is 14.7. The molecular weight excluding hydrogens is 300 g/mol. The Morgan fingerprint density at radius 1 is 1.39 bits per heavy atom. The first-order chi connectivity index (χ1) is 8.27. The maximum Gasteiger partial charge on any atom is 0.304 e. The van der Waals surface area contributed by atoms with E-state index in [1.54, 1.807) is 32.0 Å². The van der Waals surface area contributed by atoms with Crippen molar-refractivity contribution in [2.75, 3.05) is 7.11 Å². The molecule has 0 saturated carbocycles. The zero-order valence-corrected chi connectivity index (χ0v) is 12.1. The van der Waals surface area contributed by atoms with Crippen LogP contribution < -0.4 is 4.74 Å². The standard InChI is InChI=1S/C13H15BrO4/c1-13(2,7-11(15)16)12(17)9-6-8(14)4-5-10(9)18-3/h4-6H,7H2,1-3H3,(H,15,16). The molecule has 0 aliphatic carbocycles. The Bertz CT molecular complexity index is 480. The molecule has 0 heterocycles. The summed E-state index contributed by atoms with van der Waals surface area (Å²) in [4.78, 5) is 23.1. The lowest BCUT2D eigenvalue weighted by Gasteiger charge is -2.22. The molecule has 1 aromatic carbocycles. The van der Waals surface area contributed by atoms with Crippen molar-refractivity contribution in [3.63, 3.8) is 0 Å². The summed E-state index contributed by atoms with van der Waals surface area (Å²) in [6.45, 7) is 3.23. The number of aliphatic carboxylic acids is 1. The Labute approximate surface area is 114 Å². The van der Waals surface area contributed by atoms with Crippen molar-refractivity contribution >= 4 is 27.7 Å². The SMILES string of the molecule is COc1ccc(Br)cc1C(=O)C(C)(C)CC(=O)O. The van der Waals surface area contributed by atoms with E-state index < -0.39 is 11.4 Å². The van der Waals surface area contributed by atoms with Crippen LogP contribution in [-0.2, 0) is 4.79 Å². The largest absolute Gasteiger partial charge is 0.496 e. The monoisotopic (exact) mass is 314 g/mol. The molecule has 1 rings (SSSR count). The number of rotatable bonds is 5. The summed E-state index contributed by atoms with van der Waals surface area (Å²) in [5.74, 6) is -0.799. The molecule has 0 bridgehead atoms. The Morgan fingerprint density at radius 2 is 2.00 bits per heavy atom. The Balaban J connectivity index is 3.17. The third-order valence-corrected chi connectivity index (χ3v) is 3.11. The van der Waals surface area contributed by atoms with Crippen LogP contribution in [0.1, 0.15) is 30.6 Å². The highest BCUT2D eigenvalue weighted by Crippen LogP contribution is 2.32. The maximum absolute atomic E-state index is 12.4. The van der Waals surface area contributed by atoms with E-state index in [2.05, 4.69) is 15.9 Å². The summed E-state index contributed by atoms with van der Waals surface area (Å²) in [6, 6.07) is 5.08. The van der Waals surface area contributed by atoms with Crippen molar-refractivity contribution in [1.29, 1.82) is 0 Å². The average molecular weight is 315 g/mol. The molecule has 4 nitrogen and oxygen atoms in total. The highest BCUT2D eigenvalue weighted by atomic mass is 79.9. The van der Waals surface area contributed by atoms with E-state index in [9.17, 15) is 9.59 Å². The molecule has 0 aromatic heterocycles. The number of carboxylic acids is 1. The summed E-state index contributed by atoms with van der Waals surface area (Å²) in [5, 5.41) is 8.83. The fourth-order valence-electron chi connectivity index (χ4n) is 1.68. The van der Waals surface area contributed by atoms with Crippen LogP contribution in [-0.4, -0.2) is 24.0 Å². The van der Waals surface area contributed by atoms with Crippen LogP contribution in [0.3, 0.4) is 0 Å². The Morgan fingerprint density at radius 3 is 2.50 bits per heavy atom. The number of carbonyl (C=O) groups excluding carboxylic acids is 1. The minimum absolute atomic E-state index is 0.221. The predicted molar refractivity (Wildman–Crippen MR) is 71.1 cm³/mol. The number of carbonyl (C=O) groups is 2. The second-order valence-corrected chi connectivity index (χ2v) is 5.54. The normalized spacial score (nSPS) is 11.1. The lowest BCUT2D eigenvalue weighted by atomic mass is 9.81. The van der Waals surface area contributed by atoms with Gasteiger partial charge in [0.15, 0.2) is 5.78 Å². The summed E-state index contributed by atoms with van der Waals surface area (Å²) >= 11 is 3.29. The van der Waals surface area contributed by atoms with Crippen LogP contribution in [0, 0.1) is 5.41 Å². The van der Waals surface area contributed by atoms with Crippen LogP contribution in [0.2, 0.25) is 0 Å². The van der Waals surface area contributed by atoms with E-state index in [4.69, 9.17) is 9.84 Å². The highest BCUT2D eigenvalue weighted by Gasteiger charge is 2.33. The molecule has 0 aliphatic rings. The molecule has 0 radical (unpaired) electrons. The minimum atomic E-state index is -0.998. The van der Waals surface area contributed by atoms with Crippen molar-refractivity contribution in [3.8, 4) is 5.75 Å². The van der Waals surface area contributed by atoms with Crippen molar-refractivity contribution in [1.82, 2.24) is 0 Å². The fourth-order valence-corrected chi connectivity index (χ4v) is 2.04. The summed E-state index contributed by atoms with van der Waals surface area (Å²) in [6.07, 6.45) is -0.221. The number of Topliss-reactive ketones (excluding diaryl/α,β-unsaturated/α-hetero) is 1. The molecule has 0 atom stereocenters. The van der Waals surface area contributed by atoms with Crippen molar-refractivity contribution in [2.45, 2.75) is 20.3 Å². The van der Waals surface area contributed by atoms with Crippen molar-refractivity contribution < 1.29 is 19.4 Å². The van der Waals surface area contributed by atoms with E-state index in [1.807, 2.05) is 0 Å². The molecule has 0 spiro atoms. The number of ether oxygens (including phenoxy) is 1. The predicted octanol–water partition coefficient (Wildman–Crippen LogP) is 3.14. The third kappa shape index (κ3) is 3.32. The van der Waals surface area contributed by atoms with Crippen LogP contribution in [0.25, 0.3) is 0 Å². The molecule has 5 heteroatoms. The second-order valence-electron chi connectivity index (χ2n) is 4.63. The van der Waals surface area contributed by atoms with Gasteiger partial charge in [-0.15, -0.1) is 0 Å². The average Bonchev–Trinajstić information content (AvgIpc) is 2.26. The first-order valence-electron chi connectivity index (χ1n) is 5.38. The third-order valence-electron chi connectivity index (χ3n) is 2.61. The Hall–Kier alpha value is -1.36. The Kier molecular flexibility index (Phi) is 4.51. The van der Waals surface area contributed by atoms with Crippen molar-refractivity contribution in [2.24, 2.45) is 5.41 Å². The second kappa shape index (κ2) is 5.52. The van der Waals surface area contributed by atoms with Gasteiger partial charge in [0.25, 0.3) is 0 Å². The first-order valence-corrected chi connectivity index (χ1v) is 6.17. The topological polar surface area (TPSA) is 63.6 Å². The van der Waals surface area contributed by atoms with E-state index in [0.717, 1.165) is 4.47 Å². The molecule has 1 aromatic rings. The molecule has 18 heavy (non-hydrogen) atoms. The molecular formula is C13H15BrO4. The van der Waals surface area contributed by atoms with Gasteiger partial charge in [0.05, 0.1) is 19.1 Å². The minimum Gasteiger partial charge on any atom is -0.496 e. The lowest BCUT2D eigenvalue weighted by molar-refractivity contribution is -0.138. The van der Waals surface area contributed by atoms with Crippen LogP contribution in [0.15, 0.2) is 22.7 Å². The number of carboxylic acid groups (broad SMARTS) is 1. The summed E-state index contributed by atoms with van der Waals surface area (Å²) in [5.41, 5.74) is -0.585. The quantitative estimate of drug-likeness (QED) is 0.848. The smallest absolute Gasteiger partial charge is 0.304 e. The van der Waals surface area contributed by atoms with Crippen LogP contribution in [0.4, 0.5) is 0 Å². The fraction of sp³-hybridized carbons (Fsp3) is 0.385. The van der Waals surface area contributed by atoms with E-state index >= 15 is 0 Å². The number of halogens is 1. The van der Waals surface area contributed by atoms with E-state index in [0.29, 0.717) is 11.3 Å². The lowest BCUT2D eigenvalue weighted by Crippen LogP contribution is -2.27. The number of benzene rings is 1. The number of methoxy groups -OCH3 is 1. The van der Waals surface area contributed by atoms with Crippen LogP contribution >= 0.6 is 15.9 Å². The van der Waals surface area contributed by atoms with Gasteiger partial charge in [-0.25, -0.2) is 0 Å². The maximum atomic E-state index is 12.4. The molecule has 0 unspecified atom stereocenters.